The predicted molar refractivity (Wildman–Crippen MR) is 203 cm³/mol. The molecule has 17 heteroatoms. The first kappa shape index (κ1) is 41.1. The van der Waals surface area contributed by atoms with Crippen LogP contribution in [-0.4, -0.2) is 87.3 Å². The Morgan fingerprint density at radius 2 is 1.89 bits per heavy atom. The maximum absolute atomic E-state index is 14.3. The number of carbonyl (C=O) groups is 1. The van der Waals surface area contributed by atoms with Gasteiger partial charge in [0.15, 0.2) is 5.69 Å². The molecule has 4 aliphatic heterocycles. The lowest BCUT2D eigenvalue weighted by Gasteiger charge is -2.30. The fourth-order valence-corrected chi connectivity index (χ4v) is 8.70. The molecule has 0 aromatic carbocycles. The number of hydrogen-bond acceptors (Lipinski definition) is 10. The molecule has 3 aromatic heterocycles. The molecule has 54 heavy (non-hydrogen) atoms. The smallest absolute Gasteiger partial charge is 0.419 e. The van der Waals surface area contributed by atoms with Crippen molar-refractivity contribution in [3.05, 3.63) is 62.5 Å². The summed E-state index contributed by atoms with van der Waals surface area (Å²) in [4.78, 5) is 31.8. The Hall–Kier alpha value is -4.07. The minimum Gasteiger partial charge on any atom is -0.467 e. The quantitative estimate of drug-likeness (QED) is 0.217. The second-order valence-electron chi connectivity index (χ2n) is 13.2. The largest absolute Gasteiger partial charge is 0.467 e. The molecule has 3 aromatic rings. The van der Waals surface area contributed by atoms with Crippen LogP contribution in [0.5, 0.6) is 6.01 Å². The number of thioether (sulfide) groups is 1. The van der Waals surface area contributed by atoms with Crippen LogP contribution in [0.25, 0.3) is 0 Å². The number of ether oxygens (including phenoxy) is 1. The minimum absolute atomic E-state index is 0.0340. The van der Waals surface area contributed by atoms with Crippen molar-refractivity contribution in [1.82, 2.24) is 34.5 Å². The first-order valence-electron chi connectivity index (χ1n) is 17.9. The van der Waals surface area contributed by atoms with Crippen LogP contribution in [-0.2, 0) is 31.4 Å². The number of nitrogens with zero attached hydrogens (tertiary/aromatic N) is 8. The van der Waals surface area contributed by atoms with Crippen LogP contribution in [0.3, 0.4) is 0 Å². The van der Waals surface area contributed by atoms with Gasteiger partial charge in [0.25, 0.3) is 5.91 Å². The second kappa shape index (κ2) is 17.6. The highest BCUT2D eigenvalue weighted by atomic mass is 35.5. The summed E-state index contributed by atoms with van der Waals surface area (Å²) in [7, 11) is 4.70. The summed E-state index contributed by atoms with van der Waals surface area (Å²) in [5.74, 6) is 5.67. The minimum atomic E-state index is -4.67. The van der Waals surface area contributed by atoms with Gasteiger partial charge in [0.1, 0.15) is 11.6 Å². The first-order valence-corrected chi connectivity index (χ1v) is 19.3. The van der Waals surface area contributed by atoms with Crippen molar-refractivity contribution in [1.29, 1.82) is 0 Å². The molecule has 0 bridgehead atoms. The summed E-state index contributed by atoms with van der Waals surface area (Å²) < 4.78 is 62.0. The van der Waals surface area contributed by atoms with Gasteiger partial charge in [0, 0.05) is 63.1 Å². The van der Waals surface area contributed by atoms with Crippen LogP contribution in [0.15, 0.2) is 18.0 Å². The van der Waals surface area contributed by atoms with E-state index in [1.807, 2.05) is 18.7 Å². The Balaban J connectivity index is 0.000000397. The van der Waals surface area contributed by atoms with E-state index in [4.69, 9.17) is 22.1 Å². The predicted octanol–water partition coefficient (Wildman–Crippen LogP) is 7.08. The normalized spacial score (nSPS) is 19.9. The molecule has 7 heterocycles. The van der Waals surface area contributed by atoms with Crippen molar-refractivity contribution in [2.24, 2.45) is 0 Å². The van der Waals surface area contributed by atoms with Crippen LogP contribution < -0.4 is 15.4 Å². The number of aryl methyl sites for hydroxylation is 1. The summed E-state index contributed by atoms with van der Waals surface area (Å²) in [5, 5.41) is 4.07. The molecule has 0 spiro atoms. The van der Waals surface area contributed by atoms with Crippen LogP contribution in [0.4, 0.5) is 29.2 Å². The highest BCUT2D eigenvalue weighted by molar-refractivity contribution is 7.98. The number of carbonyl (C=O) groups excluding carboxylic acids is 1. The number of nitrogens with two attached hydrogens (primary N) is 1. The van der Waals surface area contributed by atoms with Crippen LogP contribution in [0, 0.1) is 11.8 Å². The van der Waals surface area contributed by atoms with E-state index < -0.39 is 17.0 Å². The maximum Gasteiger partial charge on any atom is 0.419 e. The number of methoxy groups -OCH3 is 1. The molecule has 2 saturated heterocycles. The number of nitrogen functional groups attached to an aromatic ring is 1. The van der Waals surface area contributed by atoms with Crippen molar-refractivity contribution in [2.75, 3.05) is 51.5 Å². The Morgan fingerprint density at radius 3 is 2.54 bits per heavy atom. The van der Waals surface area contributed by atoms with Gasteiger partial charge in [0.2, 0.25) is 0 Å². The SMILES string of the molecule is CC.CC#Cc1cc(N)nc(C2Cc3nc(OC)nc(N4CCCn5nc(C(=O)N(C)C)c(Cl)c5C4)c3CS2)c1C(F)(F)F.F/C=C1/CC2CCCN2C1. The van der Waals surface area contributed by atoms with E-state index >= 15 is 0 Å². The average Bonchev–Trinajstić information content (AvgIpc) is 3.80. The molecule has 292 valence electrons. The zero-order valence-corrected chi connectivity index (χ0v) is 32.9. The van der Waals surface area contributed by atoms with Gasteiger partial charge in [-0.2, -0.15) is 28.2 Å². The average molecular weight is 792 g/mol. The van der Waals surface area contributed by atoms with E-state index in [1.54, 1.807) is 18.8 Å². The van der Waals surface area contributed by atoms with Crippen molar-refractivity contribution < 1.29 is 27.1 Å². The van der Waals surface area contributed by atoms with Gasteiger partial charge in [-0.3, -0.25) is 14.4 Å². The summed E-state index contributed by atoms with van der Waals surface area (Å²) in [6.45, 7) is 9.02. The van der Waals surface area contributed by atoms with Crippen molar-refractivity contribution in [3.63, 3.8) is 0 Å². The molecular weight excluding hydrogens is 746 g/mol. The van der Waals surface area contributed by atoms with Crippen molar-refractivity contribution in [2.45, 2.75) is 89.2 Å². The molecule has 2 fully saturated rings. The van der Waals surface area contributed by atoms with Gasteiger partial charge in [-0.25, -0.2) is 9.37 Å². The van der Waals surface area contributed by atoms with Crippen LogP contribution in [0.1, 0.15) is 96.0 Å². The van der Waals surface area contributed by atoms with Crippen molar-refractivity contribution >= 4 is 40.9 Å². The number of amides is 1. The Kier molecular flexibility index (Phi) is 13.4. The second-order valence-corrected chi connectivity index (χ2v) is 14.8. The number of alkyl halides is 3. The standard InChI is InChI=1S/C27H28ClF3N8O2S.C8H12FN.C2H6/c1-5-7-14-10-19(32)34-22(20(14)27(29,30)31)18-11-16-15(13-42-18)24(35-26(33-16)41-4)38-8-6-9-39-17(12-38)21(28)23(36-39)25(40)37(2)3;9-5-7-4-8-2-1-3-10(8)6-7;1-2/h10,18H,6,8-9,11-13H2,1-4H3,(H2,32,34);5,8H,1-4,6H2;1-2H3/b;7-5-;. The van der Waals surface area contributed by atoms with Gasteiger partial charge in [0.05, 0.1) is 52.9 Å². The molecule has 1 amide bonds. The molecule has 4 aliphatic rings. The lowest BCUT2D eigenvalue weighted by atomic mass is 9.99. The molecule has 0 radical (unpaired) electrons. The molecule has 0 aliphatic carbocycles. The van der Waals surface area contributed by atoms with E-state index in [-0.39, 0.29) is 46.1 Å². The van der Waals surface area contributed by atoms with Crippen molar-refractivity contribution in [3.8, 4) is 17.9 Å². The lowest BCUT2D eigenvalue weighted by Crippen LogP contribution is -2.28. The zero-order valence-electron chi connectivity index (χ0n) is 31.4. The van der Waals surface area contributed by atoms with E-state index in [2.05, 4.69) is 36.8 Å². The molecule has 0 saturated carbocycles. The fourth-order valence-electron chi connectivity index (χ4n) is 7.16. The van der Waals surface area contributed by atoms with Gasteiger partial charge in [-0.05, 0) is 50.8 Å². The highest BCUT2D eigenvalue weighted by Gasteiger charge is 2.41. The molecule has 7 rings (SSSR count). The van der Waals surface area contributed by atoms with Gasteiger partial charge in [-0.15, -0.1) is 17.7 Å². The third-order valence-corrected chi connectivity index (χ3v) is 11.2. The van der Waals surface area contributed by atoms with E-state index in [0.717, 1.165) is 36.5 Å². The van der Waals surface area contributed by atoms with Gasteiger partial charge >= 0.3 is 12.2 Å². The summed E-state index contributed by atoms with van der Waals surface area (Å²) in [5.41, 5.74) is 7.87. The number of hydrogen-bond donors (Lipinski definition) is 1. The molecule has 11 nitrogen and oxygen atoms in total. The number of pyridine rings is 1. The topological polar surface area (TPSA) is 119 Å². The summed E-state index contributed by atoms with van der Waals surface area (Å²) >= 11 is 7.97. The number of rotatable bonds is 4. The first-order chi connectivity index (χ1) is 25.8. The number of fused-ring (bicyclic) bond motifs is 3. The number of halogens is 5. The Bertz CT molecular complexity index is 1930. The third kappa shape index (κ3) is 8.74. The van der Waals surface area contributed by atoms with E-state index in [0.29, 0.717) is 55.1 Å². The molecule has 2 atom stereocenters. The van der Waals surface area contributed by atoms with Crippen LogP contribution >= 0.6 is 23.4 Å². The number of aromatic nitrogens is 5. The monoisotopic (exact) mass is 791 g/mol. The lowest BCUT2D eigenvalue weighted by molar-refractivity contribution is -0.138. The molecule has 2 N–H and O–H groups in total. The summed E-state index contributed by atoms with van der Waals surface area (Å²) in [6, 6.07) is 1.93. The highest BCUT2D eigenvalue weighted by Crippen LogP contribution is 2.47. The van der Waals surface area contributed by atoms with Crippen LogP contribution in [0.2, 0.25) is 5.02 Å². The Labute approximate surface area is 322 Å². The Morgan fingerprint density at radius 1 is 1.13 bits per heavy atom. The summed E-state index contributed by atoms with van der Waals surface area (Å²) in [6.07, 6.45) is 0.529. The maximum atomic E-state index is 14.3. The third-order valence-electron chi connectivity index (χ3n) is 9.55. The number of anilines is 2. The zero-order chi connectivity index (χ0) is 39.3. The van der Waals surface area contributed by atoms with E-state index in [9.17, 15) is 22.4 Å². The molecule has 2 unspecified atom stereocenters. The molecular formula is C37H46ClF4N9O2S. The fraction of sp³-hybridized carbons (Fsp3) is 0.541. The van der Waals surface area contributed by atoms with Gasteiger partial charge in [-0.1, -0.05) is 31.4 Å². The van der Waals surface area contributed by atoms with E-state index in [1.165, 1.54) is 50.1 Å². The van der Waals surface area contributed by atoms with Gasteiger partial charge < -0.3 is 20.3 Å².